The van der Waals surface area contributed by atoms with E-state index in [0.29, 0.717) is 31.2 Å². The van der Waals surface area contributed by atoms with E-state index in [2.05, 4.69) is 10.6 Å². The van der Waals surface area contributed by atoms with Crippen molar-refractivity contribution in [3.8, 4) is 0 Å². The lowest BCUT2D eigenvalue weighted by molar-refractivity contribution is -0.126. The molecule has 1 atom stereocenters. The van der Waals surface area contributed by atoms with Crippen LogP contribution in [0.15, 0.2) is 24.3 Å². The Morgan fingerprint density at radius 1 is 0.966 bits per heavy atom. The van der Waals surface area contributed by atoms with Gasteiger partial charge in [-0.25, -0.2) is 4.39 Å². The van der Waals surface area contributed by atoms with Crippen molar-refractivity contribution < 1.29 is 14.0 Å². The molecule has 1 aromatic carbocycles. The lowest BCUT2D eigenvalue weighted by Gasteiger charge is -2.32. The molecule has 1 aromatic rings. The van der Waals surface area contributed by atoms with E-state index in [1.165, 1.54) is 62.8 Å². The zero-order valence-corrected chi connectivity index (χ0v) is 17.8. The van der Waals surface area contributed by atoms with Crippen LogP contribution in [0.25, 0.3) is 0 Å². The summed E-state index contributed by atoms with van der Waals surface area (Å²) >= 11 is 0. The highest BCUT2D eigenvalue weighted by molar-refractivity contribution is 5.94. The molecule has 2 fully saturated rings. The molecule has 0 aromatic heterocycles. The Bertz CT molecular complexity index is 648. The maximum absolute atomic E-state index is 13.1. The molecule has 0 radical (unpaired) electrons. The maximum atomic E-state index is 13.1. The maximum Gasteiger partial charge on any atom is 0.253 e. The van der Waals surface area contributed by atoms with Crippen LogP contribution >= 0.6 is 12.4 Å². The smallest absolute Gasteiger partial charge is 0.253 e. The van der Waals surface area contributed by atoms with Gasteiger partial charge in [0.05, 0.1) is 5.92 Å². The van der Waals surface area contributed by atoms with Crippen LogP contribution in [0.1, 0.15) is 61.7 Å². The van der Waals surface area contributed by atoms with Gasteiger partial charge in [-0.2, -0.15) is 0 Å². The first-order valence-electron chi connectivity index (χ1n) is 10.7. The Kier molecular flexibility index (Phi) is 9.88. The van der Waals surface area contributed by atoms with Crippen LogP contribution in [0.2, 0.25) is 0 Å². The van der Waals surface area contributed by atoms with Gasteiger partial charge in [0.25, 0.3) is 5.91 Å². The number of carbonyl (C=O) groups excluding carboxylic acids is 2. The van der Waals surface area contributed by atoms with E-state index >= 15 is 0 Å². The van der Waals surface area contributed by atoms with E-state index in [1.54, 1.807) is 4.90 Å². The van der Waals surface area contributed by atoms with Gasteiger partial charge >= 0.3 is 0 Å². The fourth-order valence-corrected chi connectivity index (χ4v) is 4.24. The van der Waals surface area contributed by atoms with Gasteiger partial charge in [0.1, 0.15) is 5.82 Å². The summed E-state index contributed by atoms with van der Waals surface area (Å²) in [6.45, 7) is 2.49. The van der Waals surface area contributed by atoms with Crippen molar-refractivity contribution >= 4 is 24.2 Å². The monoisotopic (exact) mass is 425 g/mol. The summed E-state index contributed by atoms with van der Waals surface area (Å²) in [4.78, 5) is 26.8. The number of hydrogen-bond donors (Lipinski definition) is 2. The van der Waals surface area contributed by atoms with E-state index < -0.39 is 0 Å². The molecule has 162 valence electrons. The number of likely N-dealkylation sites (tertiary alicyclic amines) is 1. The lowest BCUT2D eigenvalue weighted by atomic mass is 9.96. The van der Waals surface area contributed by atoms with E-state index in [-0.39, 0.29) is 36.0 Å². The molecule has 2 N–H and O–H groups in total. The fourth-order valence-electron chi connectivity index (χ4n) is 4.24. The molecular formula is C22H33ClFN3O2. The van der Waals surface area contributed by atoms with Crippen molar-refractivity contribution in [3.63, 3.8) is 0 Å². The number of piperidine rings is 1. The summed E-state index contributed by atoms with van der Waals surface area (Å²) in [7, 11) is 0. The second-order valence-electron chi connectivity index (χ2n) is 8.03. The van der Waals surface area contributed by atoms with Crippen molar-refractivity contribution in [3.05, 3.63) is 35.6 Å². The van der Waals surface area contributed by atoms with Gasteiger partial charge in [-0.05, 0) is 49.9 Å². The van der Waals surface area contributed by atoms with Gasteiger partial charge in [-0.15, -0.1) is 12.4 Å². The van der Waals surface area contributed by atoms with Gasteiger partial charge < -0.3 is 15.5 Å². The molecule has 29 heavy (non-hydrogen) atoms. The number of amides is 2. The minimum absolute atomic E-state index is 0. The average Bonchev–Trinajstić information content (AvgIpc) is 3.00. The summed E-state index contributed by atoms with van der Waals surface area (Å²) in [6, 6.07) is 6.17. The Labute approximate surface area is 179 Å². The SMILES string of the molecule is Cl.O=C(NCCNC1CCCCCC1)C1CCCN(C(=O)c2ccc(F)cc2)C1. The van der Waals surface area contributed by atoms with Gasteiger partial charge in [-0.3, -0.25) is 9.59 Å². The van der Waals surface area contributed by atoms with Gasteiger partial charge in [0.2, 0.25) is 5.91 Å². The number of rotatable bonds is 6. The Hall–Kier alpha value is -1.66. The van der Waals surface area contributed by atoms with E-state index in [1.807, 2.05) is 0 Å². The number of hydrogen-bond acceptors (Lipinski definition) is 3. The molecule has 1 saturated heterocycles. The second-order valence-corrected chi connectivity index (χ2v) is 8.03. The average molecular weight is 426 g/mol. The molecular weight excluding hydrogens is 393 g/mol. The molecule has 7 heteroatoms. The lowest BCUT2D eigenvalue weighted by Crippen LogP contribution is -2.46. The molecule has 5 nitrogen and oxygen atoms in total. The molecule has 2 amide bonds. The topological polar surface area (TPSA) is 61.4 Å². The predicted molar refractivity (Wildman–Crippen MR) is 115 cm³/mol. The minimum Gasteiger partial charge on any atom is -0.355 e. The molecule has 1 aliphatic carbocycles. The third kappa shape index (κ3) is 7.27. The van der Waals surface area contributed by atoms with Crippen molar-refractivity contribution in [1.82, 2.24) is 15.5 Å². The summed E-state index contributed by atoms with van der Waals surface area (Å²) < 4.78 is 13.1. The van der Waals surface area contributed by atoms with Crippen LogP contribution in [0.3, 0.4) is 0 Å². The van der Waals surface area contributed by atoms with E-state index in [9.17, 15) is 14.0 Å². The van der Waals surface area contributed by atoms with Crippen LogP contribution in [-0.4, -0.2) is 48.9 Å². The highest BCUT2D eigenvalue weighted by Crippen LogP contribution is 2.19. The van der Waals surface area contributed by atoms with Crippen molar-refractivity contribution in [2.24, 2.45) is 5.92 Å². The standard InChI is InChI=1S/C22H32FN3O2.ClH/c23-19-11-9-17(10-12-19)22(28)26-15-5-6-18(16-26)21(27)25-14-13-24-20-7-3-1-2-4-8-20;/h9-12,18,20,24H,1-8,13-16H2,(H,25,27);1H. The first-order valence-corrected chi connectivity index (χ1v) is 10.7. The number of nitrogens with zero attached hydrogens (tertiary/aromatic N) is 1. The van der Waals surface area contributed by atoms with Gasteiger partial charge in [-0.1, -0.05) is 25.7 Å². The van der Waals surface area contributed by atoms with Crippen molar-refractivity contribution in [2.45, 2.75) is 57.4 Å². The number of nitrogens with one attached hydrogen (secondary N) is 2. The van der Waals surface area contributed by atoms with Crippen LogP contribution < -0.4 is 10.6 Å². The predicted octanol–water partition coefficient (Wildman–Crippen LogP) is 3.53. The first-order chi connectivity index (χ1) is 13.6. The summed E-state index contributed by atoms with van der Waals surface area (Å²) in [5, 5.41) is 6.59. The zero-order valence-electron chi connectivity index (χ0n) is 17.0. The molecule has 1 saturated carbocycles. The normalized spacial score (nSPS) is 20.4. The number of benzene rings is 1. The van der Waals surface area contributed by atoms with Crippen LogP contribution in [-0.2, 0) is 4.79 Å². The Morgan fingerprint density at radius 2 is 1.66 bits per heavy atom. The molecule has 1 heterocycles. The van der Waals surface area contributed by atoms with Crippen molar-refractivity contribution in [1.29, 1.82) is 0 Å². The van der Waals surface area contributed by atoms with Gasteiger partial charge in [0.15, 0.2) is 0 Å². The zero-order chi connectivity index (χ0) is 19.8. The molecule has 1 aliphatic heterocycles. The summed E-state index contributed by atoms with van der Waals surface area (Å²) in [5.74, 6) is -0.632. The van der Waals surface area contributed by atoms with Crippen molar-refractivity contribution in [2.75, 3.05) is 26.2 Å². The largest absolute Gasteiger partial charge is 0.355 e. The summed E-state index contributed by atoms with van der Waals surface area (Å²) in [6.07, 6.45) is 9.34. The Morgan fingerprint density at radius 3 is 2.34 bits per heavy atom. The molecule has 3 rings (SSSR count). The van der Waals surface area contributed by atoms with E-state index in [4.69, 9.17) is 0 Å². The second kappa shape index (κ2) is 12.1. The van der Waals surface area contributed by atoms with Crippen LogP contribution in [0.5, 0.6) is 0 Å². The minimum atomic E-state index is -0.357. The van der Waals surface area contributed by atoms with Crippen LogP contribution in [0.4, 0.5) is 4.39 Å². The number of carbonyl (C=O) groups is 2. The fraction of sp³-hybridized carbons (Fsp3) is 0.636. The summed E-state index contributed by atoms with van der Waals surface area (Å²) in [5.41, 5.74) is 0.468. The molecule has 2 aliphatic rings. The highest BCUT2D eigenvalue weighted by Gasteiger charge is 2.28. The molecule has 0 bridgehead atoms. The third-order valence-electron chi connectivity index (χ3n) is 5.88. The van der Waals surface area contributed by atoms with Gasteiger partial charge in [0, 0.05) is 37.8 Å². The van der Waals surface area contributed by atoms with E-state index in [0.717, 1.165) is 19.4 Å². The third-order valence-corrected chi connectivity index (χ3v) is 5.88. The quantitative estimate of drug-likeness (QED) is 0.541. The first kappa shape index (κ1) is 23.6. The Balaban J connectivity index is 0.00000300. The van der Waals surface area contributed by atoms with Crippen LogP contribution in [0, 0.1) is 11.7 Å². The molecule has 1 unspecified atom stereocenters. The highest BCUT2D eigenvalue weighted by atomic mass is 35.5. The molecule has 0 spiro atoms. The number of halogens is 2.